The summed E-state index contributed by atoms with van der Waals surface area (Å²) in [7, 11) is 1.97. The Morgan fingerprint density at radius 1 is 1.36 bits per heavy atom. The van der Waals surface area contributed by atoms with Crippen molar-refractivity contribution >= 4 is 5.84 Å². The SMILES string of the molecule is CC(=N)N(C)CCC(C)(C)C. The zero-order valence-corrected chi connectivity index (χ0v) is 8.36. The number of rotatable bonds is 2. The standard InChI is InChI=1S/C9H20N2/c1-8(10)11(5)7-6-9(2,3)4/h10H,6-7H2,1-5H3. The van der Waals surface area contributed by atoms with Gasteiger partial charge in [0, 0.05) is 13.6 Å². The fourth-order valence-corrected chi connectivity index (χ4v) is 0.671. The highest BCUT2D eigenvalue weighted by Crippen LogP contribution is 2.18. The molecule has 0 aliphatic rings. The average molecular weight is 156 g/mol. The van der Waals surface area contributed by atoms with E-state index in [-0.39, 0.29) is 0 Å². The highest BCUT2D eigenvalue weighted by Gasteiger charge is 2.10. The van der Waals surface area contributed by atoms with Crippen LogP contribution in [-0.4, -0.2) is 24.3 Å². The zero-order valence-electron chi connectivity index (χ0n) is 8.36. The highest BCUT2D eigenvalue weighted by atomic mass is 15.1. The van der Waals surface area contributed by atoms with Crippen molar-refractivity contribution in [2.75, 3.05) is 13.6 Å². The molecule has 0 aromatic heterocycles. The van der Waals surface area contributed by atoms with Gasteiger partial charge in [-0.1, -0.05) is 20.8 Å². The average Bonchev–Trinajstić information content (AvgIpc) is 1.80. The third-order valence-corrected chi connectivity index (χ3v) is 1.77. The molecule has 0 aliphatic heterocycles. The van der Waals surface area contributed by atoms with Crippen molar-refractivity contribution in [1.82, 2.24) is 4.90 Å². The number of hydrogen-bond donors (Lipinski definition) is 1. The minimum atomic E-state index is 0.379. The highest BCUT2D eigenvalue weighted by molar-refractivity contribution is 5.75. The number of nitrogens with one attached hydrogen (secondary N) is 1. The van der Waals surface area contributed by atoms with Gasteiger partial charge in [-0.3, -0.25) is 5.41 Å². The molecule has 2 heteroatoms. The largest absolute Gasteiger partial charge is 0.364 e. The third kappa shape index (κ3) is 5.89. The molecular formula is C9H20N2. The molecular weight excluding hydrogens is 136 g/mol. The maximum Gasteiger partial charge on any atom is 0.0923 e. The van der Waals surface area contributed by atoms with Crippen LogP contribution in [0.4, 0.5) is 0 Å². The van der Waals surface area contributed by atoms with Crippen molar-refractivity contribution in [2.24, 2.45) is 5.41 Å². The van der Waals surface area contributed by atoms with E-state index in [9.17, 15) is 0 Å². The Balaban J connectivity index is 3.63. The Morgan fingerprint density at radius 3 is 2.09 bits per heavy atom. The van der Waals surface area contributed by atoms with E-state index < -0.39 is 0 Å². The summed E-state index contributed by atoms with van der Waals surface area (Å²) in [5.41, 5.74) is 0.379. The first kappa shape index (κ1) is 10.5. The molecule has 0 aromatic carbocycles. The lowest BCUT2D eigenvalue weighted by molar-refractivity contribution is 0.327. The van der Waals surface area contributed by atoms with Gasteiger partial charge in [0.15, 0.2) is 0 Å². The van der Waals surface area contributed by atoms with E-state index in [1.165, 1.54) is 0 Å². The number of hydrogen-bond acceptors (Lipinski definition) is 1. The van der Waals surface area contributed by atoms with E-state index in [0.29, 0.717) is 11.3 Å². The second-order valence-electron chi connectivity index (χ2n) is 4.32. The first-order valence-electron chi connectivity index (χ1n) is 4.09. The summed E-state index contributed by atoms with van der Waals surface area (Å²) in [6, 6.07) is 0. The first-order valence-corrected chi connectivity index (χ1v) is 4.09. The summed E-state index contributed by atoms with van der Waals surface area (Å²) < 4.78 is 0. The van der Waals surface area contributed by atoms with Crippen molar-refractivity contribution in [3.05, 3.63) is 0 Å². The molecule has 0 bridgehead atoms. The monoisotopic (exact) mass is 156 g/mol. The van der Waals surface area contributed by atoms with Gasteiger partial charge in [-0.05, 0) is 18.8 Å². The van der Waals surface area contributed by atoms with Gasteiger partial charge in [-0.15, -0.1) is 0 Å². The maximum atomic E-state index is 7.33. The Labute approximate surface area is 70.1 Å². The lowest BCUT2D eigenvalue weighted by Gasteiger charge is -2.23. The van der Waals surface area contributed by atoms with Crippen LogP contribution < -0.4 is 0 Å². The van der Waals surface area contributed by atoms with Crippen molar-refractivity contribution in [3.8, 4) is 0 Å². The molecule has 0 radical (unpaired) electrons. The molecule has 0 unspecified atom stereocenters. The summed E-state index contributed by atoms with van der Waals surface area (Å²) in [6.45, 7) is 9.47. The molecule has 0 aliphatic carbocycles. The van der Waals surface area contributed by atoms with Gasteiger partial charge in [0.05, 0.1) is 5.84 Å². The first-order chi connectivity index (χ1) is 4.83. The fraction of sp³-hybridized carbons (Fsp3) is 0.889. The van der Waals surface area contributed by atoms with Crippen molar-refractivity contribution < 1.29 is 0 Å². The number of amidine groups is 1. The Hall–Kier alpha value is -0.530. The topological polar surface area (TPSA) is 27.1 Å². The molecule has 0 heterocycles. The summed E-state index contributed by atoms with van der Waals surface area (Å²) in [6.07, 6.45) is 1.14. The van der Waals surface area contributed by atoms with E-state index in [4.69, 9.17) is 5.41 Å². The lowest BCUT2D eigenvalue weighted by Crippen LogP contribution is -2.27. The van der Waals surface area contributed by atoms with Crippen molar-refractivity contribution in [3.63, 3.8) is 0 Å². The second kappa shape index (κ2) is 3.74. The number of nitrogens with zero attached hydrogens (tertiary/aromatic N) is 1. The van der Waals surface area contributed by atoms with Gasteiger partial charge in [-0.25, -0.2) is 0 Å². The third-order valence-electron chi connectivity index (χ3n) is 1.77. The quantitative estimate of drug-likeness (QED) is 0.482. The molecule has 2 nitrogen and oxygen atoms in total. The van der Waals surface area contributed by atoms with E-state index >= 15 is 0 Å². The Bertz CT molecular complexity index is 133. The minimum absolute atomic E-state index is 0.379. The van der Waals surface area contributed by atoms with E-state index in [1.54, 1.807) is 0 Å². The summed E-state index contributed by atoms with van der Waals surface area (Å²) >= 11 is 0. The molecule has 0 amide bonds. The van der Waals surface area contributed by atoms with E-state index in [0.717, 1.165) is 13.0 Å². The molecule has 0 atom stereocenters. The summed E-state index contributed by atoms with van der Waals surface area (Å²) in [4.78, 5) is 1.98. The van der Waals surface area contributed by atoms with Gasteiger partial charge < -0.3 is 4.90 Å². The minimum Gasteiger partial charge on any atom is -0.364 e. The van der Waals surface area contributed by atoms with Gasteiger partial charge in [0.2, 0.25) is 0 Å². The predicted molar refractivity (Wildman–Crippen MR) is 50.1 cm³/mol. The van der Waals surface area contributed by atoms with Crippen molar-refractivity contribution in [1.29, 1.82) is 5.41 Å². The zero-order chi connectivity index (χ0) is 9.07. The molecule has 0 saturated carbocycles. The fourth-order valence-electron chi connectivity index (χ4n) is 0.671. The molecule has 0 fully saturated rings. The van der Waals surface area contributed by atoms with Crippen LogP contribution in [0.25, 0.3) is 0 Å². The lowest BCUT2D eigenvalue weighted by atomic mass is 9.92. The van der Waals surface area contributed by atoms with Gasteiger partial charge in [-0.2, -0.15) is 0 Å². The molecule has 0 saturated heterocycles. The molecule has 66 valence electrons. The van der Waals surface area contributed by atoms with Crippen LogP contribution in [0.1, 0.15) is 34.1 Å². The summed E-state index contributed by atoms with van der Waals surface area (Å²) in [5, 5.41) is 7.33. The molecule has 11 heavy (non-hydrogen) atoms. The van der Waals surface area contributed by atoms with Gasteiger partial charge in [0.1, 0.15) is 0 Å². The maximum absolute atomic E-state index is 7.33. The molecule has 0 rings (SSSR count). The Kier molecular flexibility index (Phi) is 3.56. The van der Waals surface area contributed by atoms with Crippen LogP contribution in [0.5, 0.6) is 0 Å². The van der Waals surface area contributed by atoms with Crippen molar-refractivity contribution in [2.45, 2.75) is 34.1 Å². The van der Waals surface area contributed by atoms with Crippen LogP contribution in [0.15, 0.2) is 0 Å². The molecule has 0 aromatic rings. The Morgan fingerprint density at radius 2 is 1.82 bits per heavy atom. The van der Waals surface area contributed by atoms with E-state index in [1.807, 2.05) is 18.9 Å². The van der Waals surface area contributed by atoms with Crippen LogP contribution >= 0.6 is 0 Å². The van der Waals surface area contributed by atoms with E-state index in [2.05, 4.69) is 20.8 Å². The molecule has 0 spiro atoms. The van der Waals surface area contributed by atoms with Crippen LogP contribution in [0, 0.1) is 10.8 Å². The van der Waals surface area contributed by atoms with Crippen LogP contribution in [-0.2, 0) is 0 Å². The smallest absolute Gasteiger partial charge is 0.0923 e. The normalized spacial score (nSPS) is 11.4. The van der Waals surface area contributed by atoms with Gasteiger partial charge in [0.25, 0.3) is 0 Å². The van der Waals surface area contributed by atoms with Crippen LogP contribution in [0.2, 0.25) is 0 Å². The van der Waals surface area contributed by atoms with Crippen LogP contribution in [0.3, 0.4) is 0 Å². The molecule has 1 N–H and O–H groups in total. The van der Waals surface area contributed by atoms with Gasteiger partial charge >= 0.3 is 0 Å². The predicted octanol–water partition coefficient (Wildman–Crippen LogP) is 2.35. The second-order valence-corrected chi connectivity index (χ2v) is 4.32. The summed E-state index contributed by atoms with van der Waals surface area (Å²) in [5.74, 6) is 0.647.